The minimum Gasteiger partial charge on any atom is -0.0623 e. The van der Waals surface area contributed by atoms with Crippen LogP contribution in [-0.4, -0.2) is 168 Å². The van der Waals surface area contributed by atoms with Crippen LogP contribution in [0.25, 0.3) is 0 Å². The second-order valence-corrected chi connectivity index (χ2v) is 21.8. The fourth-order valence-electron chi connectivity index (χ4n) is 4.54. The van der Waals surface area contributed by atoms with Gasteiger partial charge in [0, 0.05) is 0 Å². The van der Waals surface area contributed by atoms with E-state index in [0.29, 0.717) is 0 Å². The number of hydrogen-bond donors (Lipinski definition) is 0. The molecule has 10 aromatic rings. The molecule has 0 saturated heterocycles. The van der Waals surface area contributed by atoms with Crippen molar-refractivity contribution < 1.29 is 137 Å². The maximum absolute atomic E-state index is 4.02. The molecule has 0 aliphatic heterocycles. The Morgan fingerprint density at radius 1 is 0.167 bits per heavy atom. The maximum atomic E-state index is 4.02. The fraction of sp³-hybridized carbons (Fsp3) is 0.133. The van der Waals surface area contributed by atoms with Gasteiger partial charge in [0.05, 0.1) is 0 Å². The molecule has 476 valence electrons. The molecule has 8 heterocycles. The van der Waals surface area contributed by atoms with E-state index in [4.69, 9.17) is 0 Å². The summed E-state index contributed by atoms with van der Waals surface area (Å²) in [6, 6.07) is 55.6. The molecule has 8 nitrogen and oxygen atoms in total. The molecule has 0 N–H and O–H groups in total. The summed E-state index contributed by atoms with van der Waals surface area (Å²) in [6.07, 6.45) is 14.2. The largest absolute Gasteiger partial charge is 1.00 e. The Bertz CT molecular complexity index is 2310. The third-order valence-corrected chi connectivity index (χ3v) is 16.2. The average molecular weight is 2030 g/mol. The summed E-state index contributed by atoms with van der Waals surface area (Å²) < 4.78 is 7.94. The van der Waals surface area contributed by atoms with E-state index in [-0.39, 0.29) is 137 Å². The van der Waals surface area contributed by atoms with Crippen molar-refractivity contribution in [2.75, 3.05) is 0 Å². The molecule has 0 spiro atoms. The van der Waals surface area contributed by atoms with E-state index in [1.807, 2.05) is 225 Å². The van der Waals surface area contributed by atoms with E-state index in [9.17, 15) is 0 Å². The zero-order chi connectivity index (χ0) is 56.4. The van der Waals surface area contributed by atoms with Gasteiger partial charge in [0.1, 0.15) is 0 Å². The molecular weight excluding hydrogens is 1970 g/mol. The van der Waals surface area contributed by atoms with Crippen LogP contribution in [0.3, 0.4) is 0 Å². The molecule has 0 unspecified atom stereocenters. The molecule has 0 atom stereocenters. The Labute approximate surface area is 651 Å². The zero-order valence-electron chi connectivity index (χ0n) is 46.0. The first-order chi connectivity index (χ1) is 36.4. The molecule has 10 rings (SSSR count). The second kappa shape index (κ2) is 65.9. The van der Waals surface area contributed by atoms with E-state index in [2.05, 4.69) is 168 Å². The maximum Gasteiger partial charge on any atom is 1.00 e. The monoisotopic (exact) mass is 2040 g/mol. The van der Waals surface area contributed by atoms with E-state index in [1.54, 1.807) is 49.6 Å². The molecular formula is C60H60Cu8N8Se8. The summed E-state index contributed by atoms with van der Waals surface area (Å²) in [7, 11) is 0. The summed E-state index contributed by atoms with van der Waals surface area (Å²) in [5.74, 6) is 0. The molecule has 24 heteroatoms. The molecule has 0 saturated carbocycles. The Hall–Kier alpha value is -0.0483. The molecule has 0 fully saturated rings. The first-order valence-electron chi connectivity index (χ1n) is 23.1. The van der Waals surface area contributed by atoms with Crippen molar-refractivity contribution in [3.8, 4) is 0 Å². The zero-order valence-corrected chi connectivity index (χ0v) is 67.3. The van der Waals surface area contributed by atoms with Crippen LogP contribution in [0.1, 0.15) is 44.5 Å². The van der Waals surface area contributed by atoms with Crippen molar-refractivity contribution in [2.24, 2.45) is 0 Å². The number of aromatic nitrogens is 8. The predicted octanol–water partition coefficient (Wildman–Crippen LogP) is 4.82. The number of pyridine rings is 8. The van der Waals surface area contributed by atoms with Crippen LogP contribution >= 0.6 is 0 Å². The Morgan fingerprint density at radius 2 is 0.250 bits per heavy atom. The van der Waals surface area contributed by atoms with Gasteiger partial charge < -0.3 is 0 Å². The molecule has 8 aromatic heterocycles. The fourth-order valence-corrected chi connectivity index (χ4v) is 6.70. The average Bonchev–Trinajstić information content (AvgIpc) is 3.44. The van der Waals surface area contributed by atoms with Gasteiger partial charge in [-0.25, -0.2) is 0 Å². The van der Waals surface area contributed by atoms with Crippen LogP contribution in [0.5, 0.6) is 0 Å². The van der Waals surface area contributed by atoms with Crippen LogP contribution < -0.4 is 36.7 Å². The molecule has 2 aromatic carbocycles. The van der Waals surface area contributed by atoms with Crippen molar-refractivity contribution in [1.29, 1.82) is 0 Å². The number of nitrogens with zero attached hydrogens (tertiary/aromatic N) is 8. The van der Waals surface area contributed by atoms with Gasteiger partial charge in [-0.3, -0.25) is 0 Å². The van der Waals surface area contributed by atoms with Gasteiger partial charge in [-0.1, -0.05) is 72.8 Å². The van der Waals surface area contributed by atoms with Crippen LogP contribution in [0, 0.1) is 55.4 Å². The third kappa shape index (κ3) is 53.8. The number of benzene rings is 2. The summed E-state index contributed by atoms with van der Waals surface area (Å²) in [5, 5.41) is 0. The summed E-state index contributed by atoms with van der Waals surface area (Å²) in [4.78, 5) is 32.2. The van der Waals surface area contributed by atoms with Gasteiger partial charge in [-0.2, -0.15) is 0 Å². The number of hydrogen-bond acceptors (Lipinski definition) is 8. The van der Waals surface area contributed by atoms with Crippen molar-refractivity contribution in [2.45, 2.75) is 55.4 Å². The Morgan fingerprint density at radius 3 is 0.298 bits per heavy atom. The summed E-state index contributed by atoms with van der Waals surface area (Å²) in [5.41, 5.74) is 9.61. The Balaban J connectivity index is -0.000000126. The molecule has 0 bridgehead atoms. The van der Waals surface area contributed by atoms with E-state index < -0.39 is 0 Å². The third-order valence-electron chi connectivity index (χ3n) is 9.02. The minimum absolute atomic E-state index is 0. The van der Waals surface area contributed by atoms with Crippen LogP contribution in [0.4, 0.5) is 0 Å². The van der Waals surface area contributed by atoms with Gasteiger partial charge in [-0.15, -0.1) is 0 Å². The van der Waals surface area contributed by atoms with Gasteiger partial charge in [0.25, 0.3) is 0 Å². The van der Waals surface area contributed by atoms with E-state index in [1.165, 1.54) is 44.5 Å². The van der Waals surface area contributed by atoms with Crippen molar-refractivity contribution in [3.63, 3.8) is 0 Å². The van der Waals surface area contributed by atoms with Crippen LogP contribution in [-0.2, 0) is 137 Å². The second-order valence-electron chi connectivity index (χ2n) is 15.3. The summed E-state index contributed by atoms with van der Waals surface area (Å²) >= 11 is 22.9. The first kappa shape index (κ1) is 100. The van der Waals surface area contributed by atoms with Gasteiger partial charge in [0.2, 0.25) is 0 Å². The quantitative estimate of drug-likeness (QED) is 0.200. The standard InChI is InChI=1S/8C6H7NSe.2C6H6.8Cu/c8*1-5-3-2-4-7-6(5)8;2*1-2-4-6-5-3-1;;;;;;;;/h8*2-4H,1H3,(H,7,8);2*1-6H;;;;;;;;/q;;;;;;;;;;8*+1/p-8. The van der Waals surface area contributed by atoms with E-state index >= 15 is 0 Å². The molecule has 0 aliphatic rings. The van der Waals surface area contributed by atoms with Gasteiger partial charge in [0.15, 0.2) is 0 Å². The van der Waals surface area contributed by atoms with Crippen molar-refractivity contribution >= 4 is 165 Å². The smallest absolute Gasteiger partial charge is 0.0623 e. The minimum atomic E-state index is 0. The molecule has 84 heavy (non-hydrogen) atoms. The topological polar surface area (TPSA) is 103 Å². The van der Waals surface area contributed by atoms with Crippen LogP contribution in [0.2, 0.25) is 0 Å². The van der Waals surface area contributed by atoms with Crippen molar-refractivity contribution in [1.82, 2.24) is 39.9 Å². The normalized spacial score (nSPS) is 8.10. The number of rotatable bonds is 0. The number of aryl methyl sites for hydroxylation is 8. The molecule has 0 radical (unpaired) electrons. The van der Waals surface area contributed by atoms with E-state index in [0.717, 1.165) is 36.7 Å². The van der Waals surface area contributed by atoms with Crippen molar-refractivity contribution in [3.05, 3.63) is 264 Å². The Kier molecular flexibility index (Phi) is 78.6. The van der Waals surface area contributed by atoms with Crippen LogP contribution in [0.15, 0.2) is 219 Å². The summed E-state index contributed by atoms with van der Waals surface area (Å²) in [6.45, 7) is 16.2. The van der Waals surface area contributed by atoms with Gasteiger partial charge in [-0.05, 0) is 0 Å². The SMILES string of the molecule is Cc1cccnc1[Se-].Cc1cccnc1[Se-].Cc1cccnc1[Se-].Cc1cccnc1[Se-].Cc1cccnc1[Se-].Cc1cccnc1[Se-].Cc1cccnc1[Se-].Cc1cccnc1[Se-].[Cu+].[Cu+].[Cu+].[Cu+].[Cu+].[Cu+].[Cu+].[Cu+].c1ccccc1.c1ccccc1. The molecule has 0 aliphatic carbocycles. The predicted molar refractivity (Wildman–Crippen MR) is 328 cm³/mol. The molecule has 0 amide bonds. The first-order valence-corrected chi connectivity index (χ1v) is 30.0. The van der Waals surface area contributed by atoms with Gasteiger partial charge >= 0.3 is 588 Å².